The Morgan fingerprint density at radius 3 is 2.43 bits per heavy atom. The molecule has 0 saturated heterocycles. The maximum atomic E-state index is 12.5. The number of benzene rings is 2. The summed E-state index contributed by atoms with van der Waals surface area (Å²) in [5.74, 6) is 2.87. The second-order valence-corrected chi connectivity index (χ2v) is 7.01. The van der Waals surface area contributed by atoms with Crippen LogP contribution in [0.5, 0.6) is 23.0 Å². The van der Waals surface area contributed by atoms with E-state index in [1.165, 1.54) is 11.8 Å². The predicted molar refractivity (Wildman–Crippen MR) is 101 cm³/mol. The number of ketones is 1. The highest BCUT2D eigenvalue weighted by Gasteiger charge is 2.17. The molecule has 0 bridgehead atoms. The molecule has 0 aliphatic carbocycles. The summed E-state index contributed by atoms with van der Waals surface area (Å²) in [6.07, 6.45) is 1.68. The number of nitrogens with zero attached hydrogens (tertiary/aromatic N) is 2. The van der Waals surface area contributed by atoms with Gasteiger partial charge in [-0.2, -0.15) is 0 Å². The first kappa shape index (κ1) is 16.9. The zero-order valence-electron chi connectivity index (χ0n) is 14.6. The molecule has 0 N–H and O–H groups in total. The van der Waals surface area contributed by atoms with Gasteiger partial charge in [0.2, 0.25) is 13.6 Å². The molecule has 0 saturated carbocycles. The molecule has 3 heterocycles. The van der Waals surface area contributed by atoms with Crippen LogP contribution >= 0.6 is 11.8 Å². The first-order valence-corrected chi connectivity index (χ1v) is 9.53. The monoisotopic (exact) mass is 394 g/mol. The summed E-state index contributed by atoms with van der Waals surface area (Å²) < 4.78 is 21.3. The van der Waals surface area contributed by atoms with Crippen LogP contribution in [0.1, 0.15) is 10.4 Å². The minimum Gasteiger partial charge on any atom is -0.454 e. The normalized spacial score (nSPS) is 13.6. The molecule has 8 heteroatoms. The highest BCUT2D eigenvalue weighted by molar-refractivity contribution is 7.99. The largest absolute Gasteiger partial charge is 0.454 e. The average Bonchev–Trinajstić information content (AvgIpc) is 3.40. The van der Waals surface area contributed by atoms with Crippen LogP contribution in [-0.2, 0) is 0 Å². The molecule has 2 aliphatic rings. The molecular formula is C20H14N2O5S. The van der Waals surface area contributed by atoms with Crippen molar-refractivity contribution in [3.05, 3.63) is 54.2 Å². The molecule has 0 atom stereocenters. The van der Waals surface area contributed by atoms with Crippen molar-refractivity contribution in [3.8, 4) is 34.3 Å². The molecule has 140 valence electrons. The number of rotatable bonds is 5. The van der Waals surface area contributed by atoms with E-state index in [-0.39, 0.29) is 25.1 Å². The Balaban J connectivity index is 1.30. The van der Waals surface area contributed by atoms with Crippen LogP contribution in [0.2, 0.25) is 0 Å². The van der Waals surface area contributed by atoms with Gasteiger partial charge < -0.3 is 18.9 Å². The zero-order valence-corrected chi connectivity index (χ0v) is 15.4. The SMILES string of the molecule is O=C(CSc1nccc(-c2ccc3c(c2)OCO3)n1)c1ccc2c(c1)OCO2. The van der Waals surface area contributed by atoms with Crippen LogP contribution in [0.4, 0.5) is 0 Å². The van der Waals surface area contributed by atoms with Crippen molar-refractivity contribution in [2.45, 2.75) is 5.16 Å². The topological polar surface area (TPSA) is 79.8 Å². The summed E-state index contributed by atoms with van der Waals surface area (Å²) in [5, 5.41) is 0.532. The fourth-order valence-electron chi connectivity index (χ4n) is 2.91. The third kappa shape index (κ3) is 3.22. The second-order valence-electron chi connectivity index (χ2n) is 6.07. The fourth-order valence-corrected chi connectivity index (χ4v) is 3.64. The number of fused-ring (bicyclic) bond motifs is 2. The standard InChI is InChI=1S/C20H14N2O5S/c23-15(13-2-4-17-19(8-13)27-11-25-17)9-28-20-21-6-5-14(22-20)12-1-3-16-18(7-12)26-10-24-16/h1-8H,9-11H2. The summed E-state index contributed by atoms with van der Waals surface area (Å²) in [7, 11) is 0. The van der Waals surface area contributed by atoms with Crippen molar-refractivity contribution >= 4 is 17.5 Å². The Morgan fingerprint density at radius 1 is 0.893 bits per heavy atom. The number of ether oxygens (including phenoxy) is 4. The third-order valence-electron chi connectivity index (χ3n) is 4.33. The number of carbonyl (C=O) groups excluding carboxylic acids is 1. The van der Waals surface area contributed by atoms with E-state index < -0.39 is 0 Å². The third-order valence-corrected chi connectivity index (χ3v) is 5.19. The van der Waals surface area contributed by atoms with Gasteiger partial charge in [-0.3, -0.25) is 4.79 Å². The molecule has 1 aromatic heterocycles. The van der Waals surface area contributed by atoms with Gasteiger partial charge in [0, 0.05) is 17.3 Å². The lowest BCUT2D eigenvalue weighted by Gasteiger charge is -2.05. The molecule has 7 nitrogen and oxygen atoms in total. The molecule has 0 spiro atoms. The van der Waals surface area contributed by atoms with Crippen LogP contribution in [0.3, 0.4) is 0 Å². The molecule has 0 amide bonds. The number of hydrogen-bond donors (Lipinski definition) is 0. The molecule has 3 aromatic rings. The van der Waals surface area contributed by atoms with E-state index in [2.05, 4.69) is 9.97 Å². The molecule has 28 heavy (non-hydrogen) atoms. The van der Waals surface area contributed by atoms with Crippen molar-refractivity contribution in [2.24, 2.45) is 0 Å². The van der Waals surface area contributed by atoms with Gasteiger partial charge in [0.1, 0.15) is 0 Å². The van der Waals surface area contributed by atoms with E-state index in [1.807, 2.05) is 24.3 Å². The quantitative estimate of drug-likeness (QED) is 0.369. The van der Waals surface area contributed by atoms with Crippen LogP contribution in [0.15, 0.2) is 53.8 Å². The Morgan fingerprint density at radius 2 is 1.61 bits per heavy atom. The Labute approximate surface area is 164 Å². The van der Waals surface area contributed by atoms with Crippen molar-refractivity contribution in [1.29, 1.82) is 0 Å². The predicted octanol–water partition coefficient (Wildman–Crippen LogP) is 3.58. The summed E-state index contributed by atoms with van der Waals surface area (Å²) in [6.45, 7) is 0.411. The van der Waals surface area contributed by atoms with Gasteiger partial charge in [0.25, 0.3) is 0 Å². The zero-order chi connectivity index (χ0) is 18.9. The lowest BCUT2D eigenvalue weighted by molar-refractivity contribution is 0.102. The number of Topliss-reactive ketones (excluding diaryl/α,β-unsaturated/α-hetero) is 1. The fraction of sp³-hybridized carbons (Fsp3) is 0.150. The number of thioether (sulfide) groups is 1. The first-order chi connectivity index (χ1) is 13.8. The van der Waals surface area contributed by atoms with E-state index in [4.69, 9.17) is 18.9 Å². The van der Waals surface area contributed by atoms with Crippen molar-refractivity contribution in [3.63, 3.8) is 0 Å². The van der Waals surface area contributed by atoms with E-state index in [0.29, 0.717) is 28.0 Å². The summed E-state index contributed by atoms with van der Waals surface area (Å²) in [4.78, 5) is 21.3. The van der Waals surface area contributed by atoms with Crippen molar-refractivity contribution in [2.75, 3.05) is 19.3 Å². The lowest BCUT2D eigenvalue weighted by atomic mass is 10.1. The highest BCUT2D eigenvalue weighted by atomic mass is 32.2. The number of aromatic nitrogens is 2. The molecule has 5 rings (SSSR count). The average molecular weight is 394 g/mol. The van der Waals surface area contributed by atoms with E-state index in [9.17, 15) is 4.79 Å². The number of carbonyl (C=O) groups is 1. The first-order valence-electron chi connectivity index (χ1n) is 8.55. The summed E-state index contributed by atoms with van der Waals surface area (Å²) in [5.41, 5.74) is 2.23. The smallest absolute Gasteiger partial charge is 0.231 e. The van der Waals surface area contributed by atoms with E-state index in [0.717, 1.165) is 17.0 Å². The molecular weight excluding hydrogens is 380 g/mol. The number of hydrogen-bond acceptors (Lipinski definition) is 8. The maximum Gasteiger partial charge on any atom is 0.231 e. The van der Waals surface area contributed by atoms with Crippen LogP contribution in [0.25, 0.3) is 11.3 Å². The minimum atomic E-state index is -0.0274. The Kier molecular flexibility index (Phi) is 4.25. The molecule has 2 aromatic carbocycles. The van der Waals surface area contributed by atoms with Crippen LogP contribution in [-0.4, -0.2) is 35.1 Å². The second kappa shape index (κ2) is 7.05. The van der Waals surface area contributed by atoms with Gasteiger partial charge >= 0.3 is 0 Å². The molecule has 0 unspecified atom stereocenters. The van der Waals surface area contributed by atoms with Gasteiger partial charge in [-0.15, -0.1) is 0 Å². The van der Waals surface area contributed by atoms with Gasteiger partial charge in [-0.05, 0) is 42.5 Å². The van der Waals surface area contributed by atoms with Crippen molar-refractivity contribution < 1.29 is 23.7 Å². The maximum absolute atomic E-state index is 12.5. The van der Waals surface area contributed by atoms with E-state index in [1.54, 1.807) is 24.4 Å². The summed E-state index contributed by atoms with van der Waals surface area (Å²) in [6, 6.07) is 12.7. The summed E-state index contributed by atoms with van der Waals surface area (Å²) >= 11 is 1.29. The van der Waals surface area contributed by atoms with Gasteiger partial charge in [-0.1, -0.05) is 11.8 Å². The Hall–Kier alpha value is -3.26. The van der Waals surface area contributed by atoms with Crippen LogP contribution in [0, 0.1) is 0 Å². The molecule has 2 aliphatic heterocycles. The molecule has 0 fully saturated rings. The van der Waals surface area contributed by atoms with Crippen molar-refractivity contribution in [1.82, 2.24) is 9.97 Å². The van der Waals surface area contributed by atoms with E-state index >= 15 is 0 Å². The van der Waals surface area contributed by atoms with Crippen LogP contribution < -0.4 is 18.9 Å². The van der Waals surface area contributed by atoms with Gasteiger partial charge in [0.15, 0.2) is 33.9 Å². The van der Waals surface area contributed by atoms with Gasteiger partial charge in [-0.25, -0.2) is 9.97 Å². The molecule has 0 radical (unpaired) electrons. The highest BCUT2D eigenvalue weighted by Crippen LogP contribution is 2.36. The Bertz CT molecular complexity index is 1070. The minimum absolute atomic E-state index is 0.0274. The van der Waals surface area contributed by atoms with Gasteiger partial charge in [0.05, 0.1) is 11.4 Å². The lowest BCUT2D eigenvalue weighted by Crippen LogP contribution is -2.03.